The molecule has 1 saturated heterocycles. The molecule has 0 saturated carbocycles. The Balaban J connectivity index is 2.09. The van der Waals surface area contributed by atoms with Crippen molar-refractivity contribution in [3.63, 3.8) is 0 Å². The highest BCUT2D eigenvalue weighted by Gasteiger charge is 2.23. The summed E-state index contributed by atoms with van der Waals surface area (Å²) in [6.07, 6.45) is 3.49. The molecular formula is C12H16FN. The quantitative estimate of drug-likeness (QED) is 0.761. The maximum absolute atomic E-state index is 13.0. The molecule has 1 aliphatic heterocycles. The van der Waals surface area contributed by atoms with Gasteiger partial charge in [-0.3, -0.25) is 0 Å². The largest absolute Gasteiger partial charge is 0.307 e. The van der Waals surface area contributed by atoms with Crippen LogP contribution >= 0.6 is 0 Å². The summed E-state index contributed by atoms with van der Waals surface area (Å²) in [4.78, 5) is 0. The number of nitrogens with one attached hydrogen (secondary N) is 1. The lowest BCUT2D eigenvalue weighted by Crippen LogP contribution is -2.23. The lowest BCUT2D eigenvalue weighted by atomic mass is 10.1. The van der Waals surface area contributed by atoms with E-state index >= 15 is 0 Å². The summed E-state index contributed by atoms with van der Waals surface area (Å²) >= 11 is 0. The fraction of sp³-hybridized carbons (Fsp3) is 0.500. The van der Waals surface area contributed by atoms with Gasteiger partial charge in [0.1, 0.15) is 5.82 Å². The second-order valence-corrected chi connectivity index (χ2v) is 3.96. The normalized spacial score (nSPS) is 26.7. The summed E-state index contributed by atoms with van der Waals surface area (Å²) in [5, 5.41) is 3.52. The molecule has 2 unspecified atom stereocenters. The average molecular weight is 193 g/mol. The van der Waals surface area contributed by atoms with Crippen molar-refractivity contribution in [2.75, 3.05) is 0 Å². The maximum atomic E-state index is 13.0. The molecule has 2 heteroatoms. The van der Waals surface area contributed by atoms with Crippen LogP contribution in [-0.4, -0.2) is 6.04 Å². The van der Waals surface area contributed by atoms with E-state index in [0.717, 1.165) is 18.4 Å². The summed E-state index contributed by atoms with van der Waals surface area (Å²) in [5.41, 5.74) is 1.08. The van der Waals surface area contributed by atoms with Gasteiger partial charge in [-0.25, -0.2) is 4.39 Å². The number of hydrogen-bond acceptors (Lipinski definition) is 1. The predicted molar refractivity (Wildman–Crippen MR) is 55.6 cm³/mol. The van der Waals surface area contributed by atoms with Crippen LogP contribution in [0.3, 0.4) is 0 Å². The molecule has 1 fully saturated rings. The summed E-state index contributed by atoms with van der Waals surface area (Å²) < 4.78 is 13.0. The molecule has 14 heavy (non-hydrogen) atoms. The van der Waals surface area contributed by atoms with Crippen LogP contribution in [0.1, 0.15) is 37.8 Å². The molecule has 1 nitrogen and oxygen atoms in total. The monoisotopic (exact) mass is 193 g/mol. The Kier molecular flexibility index (Phi) is 2.82. The Morgan fingerprint density at radius 2 is 2.29 bits per heavy atom. The van der Waals surface area contributed by atoms with Gasteiger partial charge in [-0.2, -0.15) is 0 Å². The summed E-state index contributed by atoms with van der Waals surface area (Å²) in [5.74, 6) is -0.135. The van der Waals surface area contributed by atoms with Crippen LogP contribution in [0.2, 0.25) is 0 Å². The zero-order chi connectivity index (χ0) is 9.97. The van der Waals surface area contributed by atoms with E-state index in [4.69, 9.17) is 0 Å². The third-order valence-corrected chi connectivity index (χ3v) is 2.98. The highest BCUT2D eigenvalue weighted by Crippen LogP contribution is 2.27. The molecular weight excluding hydrogens is 177 g/mol. The van der Waals surface area contributed by atoms with Gasteiger partial charge in [0.2, 0.25) is 0 Å². The molecule has 1 aromatic carbocycles. The topological polar surface area (TPSA) is 12.0 Å². The van der Waals surface area contributed by atoms with E-state index in [-0.39, 0.29) is 5.82 Å². The van der Waals surface area contributed by atoms with Crippen molar-refractivity contribution in [2.45, 2.75) is 38.3 Å². The van der Waals surface area contributed by atoms with Crippen LogP contribution in [0.15, 0.2) is 24.3 Å². The van der Waals surface area contributed by atoms with E-state index in [1.807, 2.05) is 6.07 Å². The molecule has 1 heterocycles. The molecule has 76 valence electrons. The molecule has 0 amide bonds. The number of rotatable bonds is 2. The van der Waals surface area contributed by atoms with Crippen LogP contribution in [0, 0.1) is 5.82 Å². The Labute approximate surface area is 84.3 Å². The van der Waals surface area contributed by atoms with E-state index in [2.05, 4.69) is 12.2 Å². The number of benzene rings is 1. The van der Waals surface area contributed by atoms with Gasteiger partial charge in [-0.05, 0) is 37.0 Å². The minimum atomic E-state index is -0.135. The lowest BCUT2D eigenvalue weighted by molar-refractivity contribution is 0.537. The third-order valence-electron chi connectivity index (χ3n) is 2.98. The molecule has 0 aromatic heterocycles. The smallest absolute Gasteiger partial charge is 0.123 e. The van der Waals surface area contributed by atoms with Gasteiger partial charge in [0.05, 0.1) is 0 Å². The second kappa shape index (κ2) is 4.09. The summed E-state index contributed by atoms with van der Waals surface area (Å²) in [6.45, 7) is 2.19. The van der Waals surface area contributed by atoms with Crippen molar-refractivity contribution >= 4 is 0 Å². The minimum absolute atomic E-state index is 0.135. The van der Waals surface area contributed by atoms with E-state index in [1.54, 1.807) is 12.1 Å². The molecule has 2 atom stereocenters. The van der Waals surface area contributed by atoms with Gasteiger partial charge in [0.25, 0.3) is 0 Å². The van der Waals surface area contributed by atoms with Gasteiger partial charge in [-0.15, -0.1) is 0 Å². The molecule has 0 aliphatic carbocycles. The maximum Gasteiger partial charge on any atom is 0.123 e. The zero-order valence-corrected chi connectivity index (χ0v) is 8.46. The summed E-state index contributed by atoms with van der Waals surface area (Å²) in [6, 6.07) is 7.88. The van der Waals surface area contributed by atoms with Crippen LogP contribution in [0.5, 0.6) is 0 Å². The van der Waals surface area contributed by atoms with Crippen molar-refractivity contribution in [1.29, 1.82) is 0 Å². The van der Waals surface area contributed by atoms with E-state index in [0.29, 0.717) is 12.1 Å². The van der Waals surface area contributed by atoms with E-state index in [9.17, 15) is 4.39 Å². The first kappa shape index (κ1) is 9.66. The lowest BCUT2D eigenvalue weighted by Gasteiger charge is -2.13. The molecule has 1 aromatic rings. The molecule has 2 rings (SSSR count). The van der Waals surface area contributed by atoms with Gasteiger partial charge < -0.3 is 5.32 Å². The number of halogens is 1. The Hall–Kier alpha value is -0.890. The van der Waals surface area contributed by atoms with Gasteiger partial charge >= 0.3 is 0 Å². The molecule has 1 N–H and O–H groups in total. The third kappa shape index (κ3) is 1.95. The van der Waals surface area contributed by atoms with Crippen LogP contribution in [0.4, 0.5) is 4.39 Å². The highest BCUT2D eigenvalue weighted by atomic mass is 19.1. The van der Waals surface area contributed by atoms with Crippen molar-refractivity contribution < 1.29 is 4.39 Å². The van der Waals surface area contributed by atoms with Crippen molar-refractivity contribution in [3.8, 4) is 0 Å². The standard InChI is InChI=1S/C12H16FN/c1-2-11-6-7-12(14-11)9-4-3-5-10(13)8-9/h3-5,8,11-12,14H,2,6-7H2,1H3. The Morgan fingerprint density at radius 3 is 2.93 bits per heavy atom. The average Bonchev–Trinajstić information content (AvgIpc) is 2.66. The Bertz CT molecular complexity index is 311. The summed E-state index contributed by atoms with van der Waals surface area (Å²) in [7, 11) is 0. The molecule has 0 spiro atoms. The number of hydrogen-bond donors (Lipinski definition) is 1. The molecule has 0 radical (unpaired) electrons. The first-order chi connectivity index (χ1) is 6.79. The van der Waals surface area contributed by atoms with Gasteiger partial charge in [0.15, 0.2) is 0 Å². The van der Waals surface area contributed by atoms with E-state index < -0.39 is 0 Å². The fourth-order valence-corrected chi connectivity index (χ4v) is 2.13. The molecule has 0 bridgehead atoms. The fourth-order valence-electron chi connectivity index (χ4n) is 2.13. The van der Waals surface area contributed by atoms with Crippen molar-refractivity contribution in [1.82, 2.24) is 5.32 Å². The van der Waals surface area contributed by atoms with E-state index in [1.165, 1.54) is 12.5 Å². The molecule has 1 aliphatic rings. The second-order valence-electron chi connectivity index (χ2n) is 3.96. The highest BCUT2D eigenvalue weighted by molar-refractivity contribution is 5.21. The SMILES string of the molecule is CCC1CCC(c2cccc(F)c2)N1. The zero-order valence-electron chi connectivity index (χ0n) is 8.46. The van der Waals surface area contributed by atoms with Crippen LogP contribution in [0.25, 0.3) is 0 Å². The van der Waals surface area contributed by atoms with Crippen LogP contribution < -0.4 is 5.32 Å². The first-order valence-electron chi connectivity index (χ1n) is 5.31. The van der Waals surface area contributed by atoms with Gasteiger partial charge in [0, 0.05) is 12.1 Å². The van der Waals surface area contributed by atoms with Crippen molar-refractivity contribution in [3.05, 3.63) is 35.6 Å². The Morgan fingerprint density at radius 1 is 1.43 bits per heavy atom. The van der Waals surface area contributed by atoms with Crippen molar-refractivity contribution in [2.24, 2.45) is 0 Å². The first-order valence-corrected chi connectivity index (χ1v) is 5.31. The van der Waals surface area contributed by atoms with Gasteiger partial charge in [-0.1, -0.05) is 19.1 Å². The van der Waals surface area contributed by atoms with Crippen LogP contribution in [-0.2, 0) is 0 Å². The predicted octanol–water partition coefficient (Wildman–Crippen LogP) is 3.03. The minimum Gasteiger partial charge on any atom is -0.307 e.